The SMILES string of the molecule is CCCCCCCCCCCCCCCCCCCCCCCCC(=O)O[C@H](COC(=O)CCCCCCCCCCCCCCCCCCC)COP(=O)(O)OC[C@@H](O)COP(=O)(O)OC[C@@H](COC(=O)CCCCCCCCC(C)CC)OC(=O)CCCCCCCCCCCCCCCC. The Morgan fingerprint density at radius 3 is 0.689 bits per heavy atom. The Kier molecular flexibility index (Phi) is 75.4. The molecule has 103 heavy (non-hydrogen) atoms. The molecule has 0 radical (unpaired) electrons. The molecule has 612 valence electrons. The lowest BCUT2D eigenvalue weighted by Crippen LogP contribution is -2.30. The molecular weight excluding hydrogens is 1340 g/mol. The fraction of sp³-hybridized carbons (Fsp3) is 0.952. The average Bonchev–Trinajstić information content (AvgIpc) is 0.914. The molecule has 0 rings (SSSR count). The number of ether oxygens (including phenoxy) is 4. The molecule has 0 saturated heterocycles. The number of phosphoric ester groups is 2. The summed E-state index contributed by atoms with van der Waals surface area (Å²) in [6.07, 6.45) is 69.5. The highest BCUT2D eigenvalue weighted by atomic mass is 31.2. The number of aliphatic hydroxyl groups excluding tert-OH is 1. The van der Waals surface area contributed by atoms with Gasteiger partial charge in [-0.2, -0.15) is 0 Å². The number of esters is 4. The van der Waals surface area contributed by atoms with Crippen LogP contribution in [0.5, 0.6) is 0 Å². The second-order valence-electron chi connectivity index (χ2n) is 30.5. The molecule has 0 aliphatic rings. The second-order valence-corrected chi connectivity index (χ2v) is 33.4. The molecule has 0 bridgehead atoms. The van der Waals surface area contributed by atoms with Gasteiger partial charge in [-0.05, 0) is 31.6 Å². The third kappa shape index (κ3) is 76.6. The van der Waals surface area contributed by atoms with E-state index in [0.29, 0.717) is 25.7 Å². The van der Waals surface area contributed by atoms with E-state index < -0.39 is 97.5 Å². The maximum Gasteiger partial charge on any atom is 0.472 e. The molecule has 3 N–H and O–H groups in total. The van der Waals surface area contributed by atoms with Crippen LogP contribution in [-0.2, 0) is 65.4 Å². The van der Waals surface area contributed by atoms with Crippen LogP contribution in [0.3, 0.4) is 0 Å². The summed E-state index contributed by atoms with van der Waals surface area (Å²) in [5, 5.41) is 10.7. The molecule has 0 fully saturated rings. The Labute approximate surface area is 632 Å². The zero-order valence-electron chi connectivity index (χ0n) is 67.5. The first-order valence-electron chi connectivity index (χ1n) is 43.7. The van der Waals surface area contributed by atoms with Crippen molar-refractivity contribution in [3.63, 3.8) is 0 Å². The number of aliphatic hydroxyl groups is 1. The van der Waals surface area contributed by atoms with E-state index in [1.807, 2.05) is 0 Å². The molecule has 0 spiro atoms. The summed E-state index contributed by atoms with van der Waals surface area (Å²) in [5.74, 6) is -1.37. The maximum absolute atomic E-state index is 13.1. The van der Waals surface area contributed by atoms with Crippen molar-refractivity contribution in [2.75, 3.05) is 39.6 Å². The first kappa shape index (κ1) is 101. The molecule has 0 aliphatic heterocycles. The van der Waals surface area contributed by atoms with Gasteiger partial charge < -0.3 is 33.8 Å². The fourth-order valence-corrected chi connectivity index (χ4v) is 14.7. The van der Waals surface area contributed by atoms with Crippen LogP contribution in [0.4, 0.5) is 0 Å². The summed E-state index contributed by atoms with van der Waals surface area (Å²) in [6.45, 7) is 7.31. The molecule has 0 amide bonds. The summed E-state index contributed by atoms with van der Waals surface area (Å²) in [4.78, 5) is 73.1. The quantitative estimate of drug-likeness (QED) is 0.0222. The molecule has 17 nitrogen and oxygen atoms in total. The highest BCUT2D eigenvalue weighted by molar-refractivity contribution is 7.47. The van der Waals surface area contributed by atoms with Gasteiger partial charge in [0.15, 0.2) is 12.2 Å². The van der Waals surface area contributed by atoms with Crippen molar-refractivity contribution in [3.8, 4) is 0 Å². The van der Waals surface area contributed by atoms with Crippen LogP contribution in [0.1, 0.15) is 452 Å². The van der Waals surface area contributed by atoms with E-state index >= 15 is 0 Å². The van der Waals surface area contributed by atoms with Crippen molar-refractivity contribution in [1.29, 1.82) is 0 Å². The first-order valence-corrected chi connectivity index (χ1v) is 46.7. The van der Waals surface area contributed by atoms with Crippen LogP contribution in [0, 0.1) is 5.92 Å². The van der Waals surface area contributed by atoms with Gasteiger partial charge in [-0.15, -0.1) is 0 Å². The van der Waals surface area contributed by atoms with Gasteiger partial charge in [0.1, 0.15) is 19.3 Å². The van der Waals surface area contributed by atoms with E-state index in [2.05, 4.69) is 34.6 Å². The summed E-state index contributed by atoms with van der Waals surface area (Å²) >= 11 is 0. The largest absolute Gasteiger partial charge is 0.472 e. The summed E-state index contributed by atoms with van der Waals surface area (Å²) < 4.78 is 68.8. The van der Waals surface area contributed by atoms with E-state index in [1.54, 1.807) is 0 Å². The molecule has 0 aromatic carbocycles. The number of unbranched alkanes of at least 4 members (excludes halogenated alkanes) is 55. The summed E-state index contributed by atoms with van der Waals surface area (Å²) in [5.41, 5.74) is 0. The van der Waals surface area contributed by atoms with Gasteiger partial charge in [-0.25, -0.2) is 9.13 Å². The number of carbonyl (C=O) groups is 4. The van der Waals surface area contributed by atoms with Crippen molar-refractivity contribution in [2.45, 2.75) is 470 Å². The summed E-state index contributed by atoms with van der Waals surface area (Å²) in [6, 6.07) is 0. The minimum atomic E-state index is -4.96. The zero-order valence-corrected chi connectivity index (χ0v) is 69.3. The van der Waals surface area contributed by atoms with Crippen LogP contribution < -0.4 is 0 Å². The minimum Gasteiger partial charge on any atom is -0.462 e. The fourth-order valence-electron chi connectivity index (χ4n) is 13.1. The van der Waals surface area contributed by atoms with Crippen molar-refractivity contribution < 1.29 is 80.2 Å². The van der Waals surface area contributed by atoms with Crippen LogP contribution in [0.15, 0.2) is 0 Å². The monoisotopic (exact) mass is 1510 g/mol. The molecule has 0 aromatic heterocycles. The Morgan fingerprint density at radius 1 is 0.272 bits per heavy atom. The summed E-state index contributed by atoms with van der Waals surface area (Å²) in [7, 11) is -9.92. The molecule has 3 unspecified atom stereocenters. The van der Waals surface area contributed by atoms with E-state index in [0.717, 1.165) is 102 Å². The lowest BCUT2D eigenvalue weighted by Gasteiger charge is -2.21. The highest BCUT2D eigenvalue weighted by Gasteiger charge is 2.30. The van der Waals surface area contributed by atoms with Crippen LogP contribution in [0.25, 0.3) is 0 Å². The predicted molar refractivity (Wildman–Crippen MR) is 423 cm³/mol. The van der Waals surface area contributed by atoms with Crippen LogP contribution in [0.2, 0.25) is 0 Å². The Hall–Kier alpha value is -1.94. The van der Waals surface area contributed by atoms with Gasteiger partial charge in [0, 0.05) is 25.7 Å². The second kappa shape index (κ2) is 76.8. The maximum atomic E-state index is 13.1. The van der Waals surface area contributed by atoms with E-state index in [-0.39, 0.29) is 25.7 Å². The number of hydrogen-bond acceptors (Lipinski definition) is 15. The number of carbonyl (C=O) groups excluding carboxylic acids is 4. The Bertz CT molecular complexity index is 1960. The zero-order chi connectivity index (χ0) is 75.5. The van der Waals surface area contributed by atoms with Gasteiger partial charge in [-0.3, -0.25) is 37.3 Å². The van der Waals surface area contributed by atoms with Crippen LogP contribution >= 0.6 is 15.6 Å². The third-order valence-electron chi connectivity index (χ3n) is 20.1. The van der Waals surface area contributed by atoms with E-state index in [4.69, 9.17) is 37.0 Å². The molecule has 0 saturated carbocycles. The molecular formula is C84H164O17P2. The van der Waals surface area contributed by atoms with Crippen molar-refractivity contribution in [2.24, 2.45) is 5.92 Å². The molecule has 0 heterocycles. The van der Waals surface area contributed by atoms with Crippen molar-refractivity contribution in [3.05, 3.63) is 0 Å². The lowest BCUT2D eigenvalue weighted by atomic mass is 10.00. The number of rotatable bonds is 84. The average molecular weight is 1510 g/mol. The van der Waals surface area contributed by atoms with Crippen molar-refractivity contribution in [1.82, 2.24) is 0 Å². The van der Waals surface area contributed by atoms with Gasteiger partial charge in [0.05, 0.1) is 26.4 Å². The molecule has 19 heteroatoms. The molecule has 0 aromatic rings. The van der Waals surface area contributed by atoms with Gasteiger partial charge >= 0.3 is 39.5 Å². The lowest BCUT2D eigenvalue weighted by molar-refractivity contribution is -0.161. The number of hydrogen-bond donors (Lipinski definition) is 3. The van der Waals surface area contributed by atoms with Gasteiger partial charge in [0.25, 0.3) is 0 Å². The third-order valence-corrected chi connectivity index (χ3v) is 22.0. The molecule has 0 aliphatic carbocycles. The Balaban J connectivity index is 5.21. The van der Waals surface area contributed by atoms with Gasteiger partial charge in [0.2, 0.25) is 0 Å². The standard InChI is InChI=1S/C84H164O17P2/c1-6-10-13-16-19-22-25-28-31-33-34-35-36-37-39-41-44-47-50-53-60-65-70-83(88)100-79(73-94-81(86)67-62-57-51-48-45-43-40-38-32-29-26-23-20-17-14-11-7-2)75-98-102(90,91)96-71-78(85)72-97-103(92,93)99-76-80(74-95-82(87)68-63-58-55-54-56-61-66-77(5)9-4)101-84(89)69-64-59-52-49-46-42-30-27-24-21-18-15-12-8-3/h77-80,85H,6-76H2,1-5H3,(H,90,91)(H,92,93)/t77?,78-,79-,80-/m1/s1. The van der Waals surface area contributed by atoms with E-state index in [9.17, 15) is 43.2 Å². The predicted octanol–water partition coefficient (Wildman–Crippen LogP) is 25.6. The molecule has 6 atom stereocenters. The topological polar surface area (TPSA) is 237 Å². The van der Waals surface area contributed by atoms with Crippen molar-refractivity contribution >= 4 is 39.5 Å². The smallest absolute Gasteiger partial charge is 0.462 e. The number of phosphoric acid groups is 2. The first-order chi connectivity index (χ1) is 50.1. The van der Waals surface area contributed by atoms with Crippen LogP contribution in [-0.4, -0.2) is 96.7 Å². The highest BCUT2D eigenvalue weighted by Crippen LogP contribution is 2.45. The normalized spacial score (nSPS) is 14.1. The van der Waals surface area contributed by atoms with E-state index in [1.165, 1.54) is 270 Å². The van der Waals surface area contributed by atoms with Gasteiger partial charge in [-0.1, -0.05) is 401 Å². The minimum absolute atomic E-state index is 0.108. The Morgan fingerprint density at radius 2 is 0.466 bits per heavy atom.